The van der Waals surface area contributed by atoms with Crippen LogP contribution in [0.5, 0.6) is 0 Å². The lowest BCUT2D eigenvalue weighted by molar-refractivity contribution is -0.139. The van der Waals surface area contributed by atoms with E-state index < -0.39 is 18.8 Å². The van der Waals surface area contributed by atoms with Gasteiger partial charge in [-0.3, -0.25) is 10.1 Å². The van der Waals surface area contributed by atoms with Crippen LogP contribution in [-0.2, 0) is 11.2 Å². The number of alkyl halides is 1. The topological polar surface area (TPSA) is 49.3 Å². The van der Waals surface area contributed by atoms with Crippen LogP contribution in [-0.4, -0.2) is 23.9 Å². The Kier molecular flexibility index (Phi) is 4.07. The van der Waals surface area contributed by atoms with Gasteiger partial charge in [0.05, 0.1) is 0 Å². The van der Waals surface area contributed by atoms with Crippen molar-refractivity contribution in [3.8, 4) is 0 Å². The zero-order valence-electron chi connectivity index (χ0n) is 7.61. The molecule has 0 bridgehead atoms. The van der Waals surface area contributed by atoms with Crippen LogP contribution in [0.2, 0.25) is 0 Å². The van der Waals surface area contributed by atoms with Crippen molar-refractivity contribution in [2.24, 2.45) is 0 Å². The Morgan fingerprint density at radius 3 is 2.57 bits per heavy atom. The zero-order valence-corrected chi connectivity index (χ0v) is 7.61. The van der Waals surface area contributed by atoms with Crippen molar-refractivity contribution in [3.05, 3.63) is 35.9 Å². The predicted octanol–water partition coefficient (Wildman–Crippen LogP) is 1.20. The van der Waals surface area contributed by atoms with Gasteiger partial charge in [-0.15, -0.1) is 0 Å². The molecular formula is C10H12FNO2. The van der Waals surface area contributed by atoms with Gasteiger partial charge >= 0.3 is 5.97 Å². The third kappa shape index (κ3) is 3.14. The standard InChI is InChI=1S/C10H12FNO2/c11-7-12-9(10(13)14)6-8-4-2-1-3-5-8/h1-5,9,12H,6-7H2,(H,13,14). The molecule has 0 aliphatic carbocycles. The molecule has 0 saturated heterocycles. The Morgan fingerprint density at radius 1 is 1.43 bits per heavy atom. The lowest BCUT2D eigenvalue weighted by atomic mass is 10.1. The molecule has 0 spiro atoms. The number of rotatable bonds is 5. The van der Waals surface area contributed by atoms with Crippen LogP contribution >= 0.6 is 0 Å². The van der Waals surface area contributed by atoms with Crippen molar-refractivity contribution < 1.29 is 14.3 Å². The van der Waals surface area contributed by atoms with E-state index in [1.165, 1.54) is 0 Å². The van der Waals surface area contributed by atoms with E-state index in [1.54, 1.807) is 0 Å². The molecule has 0 heterocycles. The summed E-state index contributed by atoms with van der Waals surface area (Å²) >= 11 is 0. The van der Waals surface area contributed by atoms with Gasteiger partial charge < -0.3 is 5.11 Å². The number of halogens is 1. The Morgan fingerprint density at radius 2 is 2.07 bits per heavy atom. The van der Waals surface area contributed by atoms with Gasteiger partial charge in [-0.1, -0.05) is 30.3 Å². The van der Waals surface area contributed by atoms with Gasteiger partial charge in [0.2, 0.25) is 0 Å². The third-order valence-corrected chi connectivity index (χ3v) is 1.90. The number of carboxylic acid groups (broad SMARTS) is 1. The summed E-state index contributed by atoms with van der Waals surface area (Å²) in [5, 5.41) is 11.0. The summed E-state index contributed by atoms with van der Waals surface area (Å²) in [5.74, 6) is -1.04. The van der Waals surface area contributed by atoms with E-state index in [-0.39, 0.29) is 0 Å². The van der Waals surface area contributed by atoms with Crippen LogP contribution in [0, 0.1) is 0 Å². The van der Waals surface area contributed by atoms with E-state index in [1.807, 2.05) is 30.3 Å². The largest absolute Gasteiger partial charge is 0.480 e. The van der Waals surface area contributed by atoms with E-state index >= 15 is 0 Å². The van der Waals surface area contributed by atoms with Crippen molar-refractivity contribution in [1.29, 1.82) is 0 Å². The first-order valence-corrected chi connectivity index (χ1v) is 4.30. The molecule has 76 valence electrons. The van der Waals surface area contributed by atoms with Crippen LogP contribution in [0.1, 0.15) is 5.56 Å². The number of benzene rings is 1. The summed E-state index contributed by atoms with van der Waals surface area (Å²) in [4.78, 5) is 10.7. The Bertz CT molecular complexity index is 289. The maximum atomic E-state index is 11.9. The van der Waals surface area contributed by atoms with Crippen LogP contribution in [0.25, 0.3) is 0 Å². The van der Waals surface area contributed by atoms with E-state index in [0.717, 1.165) is 5.56 Å². The molecule has 2 N–H and O–H groups in total. The molecule has 0 aliphatic heterocycles. The number of carbonyl (C=O) groups is 1. The van der Waals surface area contributed by atoms with E-state index in [4.69, 9.17) is 5.11 Å². The van der Waals surface area contributed by atoms with Gasteiger partial charge in [0, 0.05) is 0 Å². The molecule has 0 radical (unpaired) electrons. The Labute approximate surface area is 81.6 Å². The van der Waals surface area contributed by atoms with Crippen molar-refractivity contribution in [2.75, 3.05) is 6.80 Å². The van der Waals surface area contributed by atoms with Crippen LogP contribution in [0.15, 0.2) is 30.3 Å². The molecule has 1 rings (SSSR count). The average molecular weight is 197 g/mol. The van der Waals surface area contributed by atoms with Crippen LogP contribution < -0.4 is 5.32 Å². The molecule has 0 saturated carbocycles. The van der Waals surface area contributed by atoms with E-state index in [2.05, 4.69) is 5.32 Å². The summed E-state index contributed by atoms with van der Waals surface area (Å²) in [7, 11) is 0. The summed E-state index contributed by atoms with van der Waals surface area (Å²) in [6, 6.07) is 8.27. The second kappa shape index (κ2) is 5.34. The average Bonchev–Trinajstić information content (AvgIpc) is 2.18. The number of hydrogen-bond acceptors (Lipinski definition) is 2. The van der Waals surface area contributed by atoms with Gasteiger partial charge in [-0.05, 0) is 12.0 Å². The van der Waals surface area contributed by atoms with Crippen molar-refractivity contribution >= 4 is 5.97 Å². The molecule has 1 atom stereocenters. The fourth-order valence-electron chi connectivity index (χ4n) is 1.19. The second-order valence-electron chi connectivity index (χ2n) is 2.92. The molecule has 4 heteroatoms. The van der Waals surface area contributed by atoms with Crippen LogP contribution in [0.4, 0.5) is 4.39 Å². The first kappa shape index (κ1) is 10.7. The van der Waals surface area contributed by atoms with Gasteiger partial charge in [0.1, 0.15) is 12.8 Å². The SMILES string of the molecule is O=C(O)C(Cc1ccccc1)NCF. The minimum atomic E-state index is -1.04. The summed E-state index contributed by atoms with van der Waals surface area (Å²) < 4.78 is 11.9. The Balaban J connectivity index is 2.60. The van der Waals surface area contributed by atoms with E-state index in [9.17, 15) is 9.18 Å². The minimum absolute atomic E-state index is 0.292. The first-order chi connectivity index (χ1) is 6.74. The molecule has 1 aromatic carbocycles. The number of carboxylic acids is 1. The Hall–Kier alpha value is -1.42. The highest BCUT2D eigenvalue weighted by atomic mass is 19.1. The quantitative estimate of drug-likeness (QED) is 0.697. The number of nitrogens with one attached hydrogen (secondary N) is 1. The zero-order chi connectivity index (χ0) is 10.4. The van der Waals surface area contributed by atoms with Crippen molar-refractivity contribution in [1.82, 2.24) is 5.32 Å². The minimum Gasteiger partial charge on any atom is -0.480 e. The lowest BCUT2D eigenvalue weighted by Crippen LogP contribution is -2.37. The highest BCUT2D eigenvalue weighted by Gasteiger charge is 2.16. The highest BCUT2D eigenvalue weighted by molar-refractivity contribution is 5.73. The highest BCUT2D eigenvalue weighted by Crippen LogP contribution is 2.03. The maximum absolute atomic E-state index is 11.9. The molecule has 0 aromatic heterocycles. The van der Waals surface area contributed by atoms with Crippen LogP contribution in [0.3, 0.4) is 0 Å². The molecular weight excluding hydrogens is 185 g/mol. The van der Waals surface area contributed by atoms with Crippen molar-refractivity contribution in [3.63, 3.8) is 0 Å². The van der Waals surface area contributed by atoms with Crippen molar-refractivity contribution in [2.45, 2.75) is 12.5 Å². The molecule has 0 aliphatic rings. The van der Waals surface area contributed by atoms with E-state index in [0.29, 0.717) is 6.42 Å². The van der Waals surface area contributed by atoms with Gasteiger partial charge in [0.25, 0.3) is 0 Å². The van der Waals surface area contributed by atoms with Gasteiger partial charge in [-0.2, -0.15) is 0 Å². The number of hydrogen-bond donors (Lipinski definition) is 2. The molecule has 1 aromatic rings. The molecule has 0 amide bonds. The monoisotopic (exact) mass is 197 g/mol. The molecule has 0 fully saturated rings. The fraction of sp³-hybridized carbons (Fsp3) is 0.300. The van der Waals surface area contributed by atoms with Gasteiger partial charge in [0.15, 0.2) is 0 Å². The second-order valence-corrected chi connectivity index (χ2v) is 2.92. The third-order valence-electron chi connectivity index (χ3n) is 1.90. The molecule has 1 unspecified atom stereocenters. The first-order valence-electron chi connectivity index (χ1n) is 4.30. The summed E-state index contributed by atoms with van der Waals surface area (Å²) in [5.41, 5.74) is 0.876. The number of aliphatic carboxylic acids is 1. The van der Waals surface area contributed by atoms with Gasteiger partial charge in [-0.25, -0.2) is 4.39 Å². The predicted molar refractivity (Wildman–Crippen MR) is 50.7 cm³/mol. The fourth-order valence-corrected chi connectivity index (χ4v) is 1.19. The smallest absolute Gasteiger partial charge is 0.321 e. The lowest BCUT2D eigenvalue weighted by Gasteiger charge is -2.11. The normalized spacial score (nSPS) is 12.4. The summed E-state index contributed by atoms with van der Waals surface area (Å²) in [6.07, 6.45) is 0.292. The molecule has 3 nitrogen and oxygen atoms in total. The molecule has 14 heavy (non-hydrogen) atoms. The maximum Gasteiger partial charge on any atom is 0.321 e. The summed E-state index contributed by atoms with van der Waals surface area (Å²) in [6.45, 7) is -0.830.